The average Bonchev–Trinajstić information content (AvgIpc) is 2.81. The predicted molar refractivity (Wildman–Crippen MR) is 69.6 cm³/mol. The fourth-order valence-electron chi connectivity index (χ4n) is 3.13. The first-order chi connectivity index (χ1) is 9.45. The number of piperidine rings is 1. The molecule has 2 aliphatic rings. The summed E-state index contributed by atoms with van der Waals surface area (Å²) in [6, 6.07) is 0.198. The number of halogens is 3. The van der Waals surface area contributed by atoms with Gasteiger partial charge in [-0.15, -0.1) is 0 Å². The van der Waals surface area contributed by atoms with Crippen molar-refractivity contribution < 1.29 is 13.2 Å². The third-order valence-electron chi connectivity index (χ3n) is 4.43. The van der Waals surface area contributed by atoms with Crippen LogP contribution in [0.5, 0.6) is 0 Å². The number of aromatic nitrogens is 2. The third kappa shape index (κ3) is 2.51. The van der Waals surface area contributed by atoms with Gasteiger partial charge in [0.05, 0.1) is 5.92 Å². The molecule has 1 saturated heterocycles. The topological polar surface area (TPSA) is 57.9 Å². The smallest absolute Gasteiger partial charge is 0.355 e. The Morgan fingerprint density at radius 2 is 1.90 bits per heavy atom. The van der Waals surface area contributed by atoms with Crippen molar-refractivity contribution in [2.75, 3.05) is 18.0 Å². The minimum Gasteiger partial charge on any atom is -0.355 e. The van der Waals surface area contributed by atoms with Crippen molar-refractivity contribution in [2.24, 2.45) is 11.7 Å². The Morgan fingerprint density at radius 3 is 2.55 bits per heavy atom. The lowest BCUT2D eigenvalue weighted by molar-refractivity contribution is -0.177. The van der Waals surface area contributed by atoms with Crippen LogP contribution in [0.15, 0.2) is 0 Å². The molecule has 3 N–H and O–H groups in total. The molecule has 1 fully saturated rings. The molecule has 0 amide bonds. The molecule has 1 aromatic rings. The van der Waals surface area contributed by atoms with Gasteiger partial charge >= 0.3 is 6.18 Å². The molecule has 1 unspecified atom stereocenters. The van der Waals surface area contributed by atoms with Crippen molar-refractivity contribution in [3.8, 4) is 0 Å². The van der Waals surface area contributed by atoms with E-state index in [0.717, 1.165) is 37.2 Å². The number of alkyl halides is 3. The number of anilines is 1. The highest BCUT2D eigenvalue weighted by Gasteiger charge is 2.42. The maximum Gasteiger partial charge on any atom is 0.392 e. The van der Waals surface area contributed by atoms with Crippen LogP contribution in [-0.4, -0.2) is 35.5 Å². The molecular weight excluding hydrogens is 269 g/mol. The minimum absolute atomic E-state index is 0.0488. The molecule has 1 aliphatic carbocycles. The van der Waals surface area contributed by atoms with Gasteiger partial charge in [0.15, 0.2) is 5.82 Å². The highest BCUT2D eigenvalue weighted by atomic mass is 19.4. The number of H-pyrrole nitrogens is 1. The first-order valence-electron chi connectivity index (χ1n) is 7.08. The lowest BCUT2D eigenvalue weighted by Gasteiger charge is -2.32. The standard InChI is InChI=1S/C13H19F3N4/c14-13(15,16)8-1-2-11-10(7-8)12(19-18-11)20-5-3-9(17)4-6-20/h8-9H,1-7,17H2,(H,18,19). The number of hydrogen-bond donors (Lipinski definition) is 2. The Kier molecular flexibility index (Phi) is 3.40. The van der Waals surface area contributed by atoms with Gasteiger partial charge in [0.25, 0.3) is 0 Å². The molecule has 112 valence electrons. The van der Waals surface area contributed by atoms with Gasteiger partial charge in [-0.2, -0.15) is 18.3 Å². The average molecular weight is 288 g/mol. The van der Waals surface area contributed by atoms with Gasteiger partial charge in [-0.3, -0.25) is 5.10 Å². The molecule has 1 aromatic heterocycles. The van der Waals surface area contributed by atoms with E-state index < -0.39 is 12.1 Å². The van der Waals surface area contributed by atoms with Crippen molar-refractivity contribution in [1.29, 1.82) is 0 Å². The van der Waals surface area contributed by atoms with Gasteiger partial charge in [-0.05, 0) is 32.1 Å². The zero-order chi connectivity index (χ0) is 14.3. The SMILES string of the molecule is NC1CCN(c2n[nH]c3c2CC(C(F)(F)F)CC3)CC1. The van der Waals surface area contributed by atoms with E-state index >= 15 is 0 Å². The summed E-state index contributed by atoms with van der Waals surface area (Å²) in [5.41, 5.74) is 7.49. The van der Waals surface area contributed by atoms with E-state index in [9.17, 15) is 13.2 Å². The summed E-state index contributed by atoms with van der Waals surface area (Å²) in [5, 5.41) is 7.17. The Bertz CT molecular complexity index is 474. The summed E-state index contributed by atoms with van der Waals surface area (Å²) in [7, 11) is 0. The number of aryl methyl sites for hydroxylation is 1. The van der Waals surface area contributed by atoms with E-state index in [1.807, 2.05) is 0 Å². The Labute approximate surface area is 115 Å². The van der Waals surface area contributed by atoms with Gasteiger partial charge in [0.2, 0.25) is 0 Å². The Morgan fingerprint density at radius 1 is 1.20 bits per heavy atom. The van der Waals surface area contributed by atoms with Crippen LogP contribution in [0.3, 0.4) is 0 Å². The molecule has 3 rings (SSSR count). The van der Waals surface area contributed by atoms with E-state index in [4.69, 9.17) is 5.73 Å². The van der Waals surface area contributed by atoms with Crippen LogP contribution in [0.1, 0.15) is 30.5 Å². The van der Waals surface area contributed by atoms with E-state index in [1.54, 1.807) is 0 Å². The van der Waals surface area contributed by atoms with Crippen molar-refractivity contribution in [1.82, 2.24) is 10.2 Å². The lowest BCUT2D eigenvalue weighted by atomic mass is 9.86. The first-order valence-corrected chi connectivity index (χ1v) is 7.08. The summed E-state index contributed by atoms with van der Waals surface area (Å²) in [5.74, 6) is -0.528. The Balaban J connectivity index is 1.80. The highest BCUT2D eigenvalue weighted by Crippen LogP contribution is 2.39. The normalized spacial score (nSPS) is 24.8. The largest absolute Gasteiger partial charge is 0.392 e. The van der Waals surface area contributed by atoms with Crippen molar-refractivity contribution in [3.05, 3.63) is 11.3 Å². The van der Waals surface area contributed by atoms with Crippen molar-refractivity contribution >= 4 is 5.82 Å². The molecule has 2 heterocycles. The third-order valence-corrected chi connectivity index (χ3v) is 4.43. The van der Waals surface area contributed by atoms with Crippen LogP contribution in [0.25, 0.3) is 0 Å². The quantitative estimate of drug-likeness (QED) is 0.831. The molecule has 0 aromatic carbocycles. The molecule has 4 nitrogen and oxygen atoms in total. The maximum absolute atomic E-state index is 12.9. The number of aromatic amines is 1. The van der Waals surface area contributed by atoms with Gasteiger partial charge < -0.3 is 10.6 Å². The second-order valence-corrected chi connectivity index (χ2v) is 5.81. The van der Waals surface area contributed by atoms with Gasteiger partial charge in [-0.1, -0.05) is 0 Å². The maximum atomic E-state index is 12.9. The van der Waals surface area contributed by atoms with E-state index in [2.05, 4.69) is 15.1 Å². The van der Waals surface area contributed by atoms with E-state index in [0.29, 0.717) is 12.2 Å². The summed E-state index contributed by atoms with van der Waals surface area (Å²) < 4.78 is 38.7. The number of rotatable bonds is 1. The zero-order valence-corrected chi connectivity index (χ0v) is 11.2. The van der Waals surface area contributed by atoms with Gasteiger partial charge in [0.1, 0.15) is 0 Å². The van der Waals surface area contributed by atoms with Gasteiger partial charge in [0, 0.05) is 30.4 Å². The summed E-state index contributed by atoms with van der Waals surface area (Å²) in [6.07, 6.45) is -1.75. The molecule has 1 aliphatic heterocycles. The van der Waals surface area contributed by atoms with Crippen LogP contribution < -0.4 is 10.6 Å². The number of nitrogens with zero attached hydrogens (tertiary/aromatic N) is 2. The number of nitrogens with two attached hydrogens (primary N) is 1. The van der Waals surface area contributed by atoms with Crippen LogP contribution >= 0.6 is 0 Å². The fraction of sp³-hybridized carbons (Fsp3) is 0.769. The van der Waals surface area contributed by atoms with E-state index in [1.165, 1.54) is 0 Å². The molecular formula is C13H19F3N4. The summed E-state index contributed by atoms with van der Waals surface area (Å²) >= 11 is 0. The molecule has 0 bridgehead atoms. The monoisotopic (exact) mass is 288 g/mol. The summed E-state index contributed by atoms with van der Waals surface area (Å²) in [6.45, 7) is 1.55. The highest BCUT2D eigenvalue weighted by molar-refractivity contribution is 5.50. The molecule has 7 heteroatoms. The van der Waals surface area contributed by atoms with Crippen LogP contribution in [-0.2, 0) is 12.8 Å². The summed E-state index contributed by atoms with van der Waals surface area (Å²) in [4.78, 5) is 2.07. The number of fused-ring (bicyclic) bond motifs is 1. The van der Waals surface area contributed by atoms with Crippen LogP contribution in [0.4, 0.5) is 19.0 Å². The van der Waals surface area contributed by atoms with Crippen LogP contribution in [0, 0.1) is 5.92 Å². The molecule has 0 spiro atoms. The first kappa shape index (κ1) is 13.7. The van der Waals surface area contributed by atoms with Crippen molar-refractivity contribution in [3.63, 3.8) is 0 Å². The lowest BCUT2D eigenvalue weighted by Crippen LogP contribution is -2.40. The fourth-order valence-corrected chi connectivity index (χ4v) is 3.13. The number of hydrogen-bond acceptors (Lipinski definition) is 3. The number of nitrogens with one attached hydrogen (secondary N) is 1. The van der Waals surface area contributed by atoms with Crippen LogP contribution in [0.2, 0.25) is 0 Å². The van der Waals surface area contributed by atoms with E-state index in [-0.39, 0.29) is 18.9 Å². The Hall–Kier alpha value is -1.24. The minimum atomic E-state index is -4.11. The molecule has 0 radical (unpaired) electrons. The zero-order valence-electron chi connectivity index (χ0n) is 11.2. The molecule has 0 saturated carbocycles. The van der Waals surface area contributed by atoms with Gasteiger partial charge in [-0.25, -0.2) is 0 Å². The second kappa shape index (κ2) is 4.95. The molecule has 1 atom stereocenters. The molecule has 20 heavy (non-hydrogen) atoms. The second-order valence-electron chi connectivity index (χ2n) is 5.81. The predicted octanol–water partition coefficient (Wildman–Crippen LogP) is 2.00. The van der Waals surface area contributed by atoms with Crippen molar-refractivity contribution in [2.45, 2.75) is 44.3 Å².